The molecule has 0 aromatic heterocycles. The van der Waals surface area contributed by atoms with Gasteiger partial charge in [0.05, 0.1) is 8.95 Å². The van der Waals surface area contributed by atoms with Gasteiger partial charge in [-0.3, -0.25) is 4.79 Å². The first-order chi connectivity index (χ1) is 9.88. The van der Waals surface area contributed by atoms with Crippen molar-refractivity contribution in [1.82, 2.24) is 4.90 Å². The summed E-state index contributed by atoms with van der Waals surface area (Å²) in [4.78, 5) is 13.8. The van der Waals surface area contributed by atoms with Gasteiger partial charge < -0.3 is 15.4 Å². The molecule has 2 N–H and O–H groups in total. The second-order valence-electron chi connectivity index (χ2n) is 5.59. The molecular weight excluding hydrogens is 400 g/mol. The molecule has 6 heteroatoms. The summed E-state index contributed by atoms with van der Waals surface area (Å²) in [7, 11) is 1.83. The topological polar surface area (TPSA) is 55.6 Å². The van der Waals surface area contributed by atoms with Gasteiger partial charge in [0.1, 0.15) is 5.75 Å². The van der Waals surface area contributed by atoms with Gasteiger partial charge in [0.25, 0.3) is 5.91 Å². The van der Waals surface area contributed by atoms with Crippen molar-refractivity contribution < 1.29 is 9.53 Å². The highest BCUT2D eigenvalue weighted by molar-refractivity contribution is 9.11. The third-order valence-corrected chi connectivity index (χ3v) is 4.62. The Hall–Kier alpha value is -0.590. The highest BCUT2D eigenvalue weighted by atomic mass is 79.9. The first-order valence-electron chi connectivity index (χ1n) is 7.00. The van der Waals surface area contributed by atoms with Crippen LogP contribution in [0.1, 0.15) is 25.3 Å². The number of benzene rings is 1. The van der Waals surface area contributed by atoms with E-state index < -0.39 is 0 Å². The van der Waals surface area contributed by atoms with E-state index in [4.69, 9.17) is 10.5 Å². The van der Waals surface area contributed by atoms with E-state index in [0.717, 1.165) is 33.8 Å². The first kappa shape index (κ1) is 16.8. The summed E-state index contributed by atoms with van der Waals surface area (Å²) >= 11 is 6.99. The van der Waals surface area contributed by atoms with E-state index in [-0.39, 0.29) is 18.6 Å². The second kappa shape index (κ2) is 7.11. The van der Waals surface area contributed by atoms with Crippen LogP contribution in [0.3, 0.4) is 0 Å². The average Bonchev–Trinajstić information content (AvgIpc) is 3.19. The van der Waals surface area contributed by atoms with Crippen LogP contribution in [-0.2, 0) is 11.2 Å². The summed E-state index contributed by atoms with van der Waals surface area (Å²) in [5, 5.41) is 0. The largest absolute Gasteiger partial charge is 0.481 e. The maximum Gasteiger partial charge on any atom is 0.260 e. The fraction of sp³-hybridized carbons (Fsp3) is 0.533. The normalized spacial score (nSPS) is 15.7. The van der Waals surface area contributed by atoms with Gasteiger partial charge in [-0.05, 0) is 75.7 Å². The van der Waals surface area contributed by atoms with Crippen molar-refractivity contribution in [3.8, 4) is 5.75 Å². The minimum Gasteiger partial charge on any atom is -0.481 e. The standard InChI is InChI=1S/C15H20Br2N2O2/c1-9(18)5-10-6-12(16)15(13(17)7-10)21-8-14(20)19(2)11-3-4-11/h6-7,9,11H,3-5,8,18H2,1-2H3. The smallest absolute Gasteiger partial charge is 0.260 e. The number of hydrogen-bond donors (Lipinski definition) is 1. The molecule has 1 atom stereocenters. The summed E-state index contributed by atoms with van der Waals surface area (Å²) in [5.74, 6) is 0.664. The Balaban J connectivity index is 2.00. The number of nitrogens with two attached hydrogens (primary N) is 1. The van der Waals surface area contributed by atoms with Crippen LogP contribution < -0.4 is 10.5 Å². The predicted molar refractivity (Wildman–Crippen MR) is 90.5 cm³/mol. The van der Waals surface area contributed by atoms with Gasteiger partial charge in [0, 0.05) is 19.1 Å². The third-order valence-electron chi connectivity index (χ3n) is 3.44. The van der Waals surface area contributed by atoms with Crippen molar-refractivity contribution in [3.63, 3.8) is 0 Å². The predicted octanol–water partition coefficient (Wildman–Crippen LogP) is 3.10. The van der Waals surface area contributed by atoms with Gasteiger partial charge in [0.15, 0.2) is 6.61 Å². The fourth-order valence-electron chi connectivity index (χ4n) is 2.14. The van der Waals surface area contributed by atoms with Crippen molar-refractivity contribution in [1.29, 1.82) is 0 Å². The van der Waals surface area contributed by atoms with Gasteiger partial charge in [-0.15, -0.1) is 0 Å². The summed E-state index contributed by atoms with van der Waals surface area (Å²) < 4.78 is 7.33. The molecule has 0 aliphatic heterocycles. The minimum absolute atomic E-state index is 0.0101. The number of likely N-dealkylation sites (N-methyl/N-ethyl adjacent to an activating group) is 1. The van der Waals surface area contributed by atoms with E-state index in [2.05, 4.69) is 31.9 Å². The summed E-state index contributed by atoms with van der Waals surface area (Å²) in [6.07, 6.45) is 2.99. The Morgan fingerprint density at radius 2 is 2.00 bits per heavy atom. The number of carbonyl (C=O) groups excluding carboxylic acids is 1. The highest BCUT2D eigenvalue weighted by Gasteiger charge is 2.29. The van der Waals surface area contributed by atoms with E-state index in [0.29, 0.717) is 11.8 Å². The maximum atomic E-state index is 12.0. The van der Waals surface area contributed by atoms with Gasteiger partial charge in [0.2, 0.25) is 0 Å². The van der Waals surface area contributed by atoms with Crippen LogP contribution in [-0.4, -0.2) is 36.5 Å². The van der Waals surface area contributed by atoms with E-state index in [1.54, 1.807) is 4.90 Å². The van der Waals surface area contributed by atoms with Crippen LogP contribution in [0, 0.1) is 0 Å². The van der Waals surface area contributed by atoms with E-state index >= 15 is 0 Å². The molecule has 1 fully saturated rings. The van der Waals surface area contributed by atoms with Crippen molar-refractivity contribution >= 4 is 37.8 Å². The number of halogens is 2. The molecule has 0 bridgehead atoms. The molecule has 1 aromatic carbocycles. The molecule has 1 saturated carbocycles. The number of carbonyl (C=O) groups is 1. The summed E-state index contributed by atoms with van der Waals surface area (Å²) in [5.41, 5.74) is 6.94. The highest BCUT2D eigenvalue weighted by Crippen LogP contribution is 2.35. The Morgan fingerprint density at radius 3 is 2.48 bits per heavy atom. The molecule has 2 rings (SSSR count). The number of rotatable bonds is 6. The Labute approximate surface area is 142 Å². The van der Waals surface area contributed by atoms with Crippen molar-refractivity contribution in [2.45, 2.75) is 38.3 Å². The minimum atomic E-state index is 0.0101. The summed E-state index contributed by atoms with van der Waals surface area (Å²) in [6.45, 7) is 2.02. The zero-order valence-corrected chi connectivity index (χ0v) is 15.4. The zero-order chi connectivity index (χ0) is 15.6. The number of amides is 1. The second-order valence-corrected chi connectivity index (χ2v) is 7.30. The van der Waals surface area contributed by atoms with Crippen molar-refractivity contribution in [2.75, 3.05) is 13.7 Å². The lowest BCUT2D eigenvalue weighted by Crippen LogP contribution is -2.33. The Kier molecular flexibility index (Phi) is 5.68. The SMILES string of the molecule is CC(N)Cc1cc(Br)c(OCC(=O)N(C)C2CC2)c(Br)c1. The number of ether oxygens (including phenoxy) is 1. The first-order valence-corrected chi connectivity index (χ1v) is 8.59. The molecule has 1 aliphatic carbocycles. The lowest BCUT2D eigenvalue weighted by atomic mass is 10.1. The molecule has 0 radical (unpaired) electrons. The molecule has 1 amide bonds. The molecule has 21 heavy (non-hydrogen) atoms. The van der Waals surface area contributed by atoms with Crippen LogP contribution in [0.4, 0.5) is 0 Å². The van der Waals surface area contributed by atoms with Crippen molar-refractivity contribution in [2.24, 2.45) is 5.73 Å². The molecule has 4 nitrogen and oxygen atoms in total. The molecule has 0 spiro atoms. The summed E-state index contributed by atoms with van der Waals surface area (Å²) in [6, 6.07) is 4.47. The molecule has 116 valence electrons. The van der Waals surface area contributed by atoms with E-state index in [1.165, 1.54) is 0 Å². The van der Waals surface area contributed by atoms with Gasteiger partial charge in [-0.25, -0.2) is 0 Å². The van der Waals surface area contributed by atoms with Crippen LogP contribution in [0.5, 0.6) is 5.75 Å². The molecule has 1 aromatic rings. The Bertz CT molecular complexity index is 507. The number of hydrogen-bond acceptors (Lipinski definition) is 3. The lowest BCUT2D eigenvalue weighted by Gasteiger charge is -2.18. The van der Waals surface area contributed by atoms with Crippen LogP contribution in [0.25, 0.3) is 0 Å². The molecule has 0 saturated heterocycles. The van der Waals surface area contributed by atoms with E-state index in [9.17, 15) is 4.79 Å². The van der Waals surface area contributed by atoms with Crippen LogP contribution >= 0.6 is 31.9 Å². The maximum absolute atomic E-state index is 12.0. The monoisotopic (exact) mass is 418 g/mol. The van der Waals surface area contributed by atoms with Gasteiger partial charge in [-0.2, -0.15) is 0 Å². The molecule has 0 heterocycles. The molecule has 1 unspecified atom stereocenters. The van der Waals surface area contributed by atoms with Crippen LogP contribution in [0.2, 0.25) is 0 Å². The molecule has 1 aliphatic rings. The quantitative estimate of drug-likeness (QED) is 0.770. The van der Waals surface area contributed by atoms with E-state index in [1.807, 2.05) is 26.1 Å². The number of nitrogens with zero attached hydrogens (tertiary/aromatic N) is 1. The molecular formula is C15H20Br2N2O2. The zero-order valence-electron chi connectivity index (χ0n) is 12.2. The Morgan fingerprint density at radius 1 is 1.43 bits per heavy atom. The fourth-order valence-corrected chi connectivity index (χ4v) is 3.65. The third kappa shape index (κ3) is 4.69. The van der Waals surface area contributed by atoms with Crippen LogP contribution in [0.15, 0.2) is 21.1 Å². The van der Waals surface area contributed by atoms with Gasteiger partial charge in [-0.1, -0.05) is 0 Å². The van der Waals surface area contributed by atoms with Gasteiger partial charge >= 0.3 is 0 Å². The average molecular weight is 420 g/mol. The van der Waals surface area contributed by atoms with Crippen molar-refractivity contribution in [3.05, 3.63) is 26.6 Å². The lowest BCUT2D eigenvalue weighted by molar-refractivity contribution is -0.132.